The number of amides is 1. The van der Waals surface area contributed by atoms with Crippen LogP contribution in [-0.2, 0) is 4.74 Å². The molecule has 2 fully saturated rings. The zero-order chi connectivity index (χ0) is 16.1. The van der Waals surface area contributed by atoms with Gasteiger partial charge in [-0.05, 0) is 44.5 Å². The summed E-state index contributed by atoms with van der Waals surface area (Å²) >= 11 is 0. The molecule has 0 aromatic carbocycles. The molecule has 2 aliphatic heterocycles. The SMILES string of the molecule is NC(=O)c1cc(N2CCC(OCCN3CCCCC3)C2)ccn1. The molecule has 0 saturated carbocycles. The highest BCUT2D eigenvalue weighted by Gasteiger charge is 2.24. The Hall–Kier alpha value is -1.66. The zero-order valence-corrected chi connectivity index (χ0v) is 13.6. The van der Waals surface area contributed by atoms with Gasteiger partial charge in [0.1, 0.15) is 5.69 Å². The Morgan fingerprint density at radius 2 is 2.13 bits per heavy atom. The summed E-state index contributed by atoms with van der Waals surface area (Å²) in [5.74, 6) is -0.486. The molecule has 2 N–H and O–H groups in total. The average Bonchev–Trinajstić information content (AvgIpc) is 3.05. The van der Waals surface area contributed by atoms with E-state index in [0.29, 0.717) is 5.69 Å². The second-order valence-electron chi connectivity index (χ2n) is 6.39. The fourth-order valence-corrected chi connectivity index (χ4v) is 3.38. The molecule has 6 heteroatoms. The summed E-state index contributed by atoms with van der Waals surface area (Å²) in [6, 6.07) is 3.68. The molecule has 126 valence electrons. The minimum absolute atomic E-state index is 0.269. The van der Waals surface area contributed by atoms with E-state index in [1.165, 1.54) is 32.4 Å². The standard InChI is InChI=1S/C17H26N4O2/c18-17(22)16-12-14(4-6-19-16)21-9-5-15(13-21)23-11-10-20-7-2-1-3-8-20/h4,6,12,15H,1-3,5,7-11,13H2,(H2,18,22). The first-order valence-electron chi connectivity index (χ1n) is 8.57. The first-order valence-corrected chi connectivity index (χ1v) is 8.57. The number of pyridine rings is 1. The van der Waals surface area contributed by atoms with Crippen molar-refractivity contribution in [3.8, 4) is 0 Å². The number of aromatic nitrogens is 1. The molecule has 2 saturated heterocycles. The normalized spacial score (nSPS) is 22.4. The molecule has 3 rings (SSSR count). The number of rotatable bonds is 6. The molecule has 2 aliphatic rings. The van der Waals surface area contributed by atoms with Gasteiger partial charge in [-0.2, -0.15) is 0 Å². The van der Waals surface area contributed by atoms with Gasteiger partial charge in [0.2, 0.25) is 0 Å². The summed E-state index contributed by atoms with van der Waals surface area (Å²) in [5, 5.41) is 0. The van der Waals surface area contributed by atoms with Crippen LogP contribution in [0, 0.1) is 0 Å². The van der Waals surface area contributed by atoms with Gasteiger partial charge in [0.05, 0.1) is 12.7 Å². The number of carbonyl (C=O) groups is 1. The number of hydrogen-bond donors (Lipinski definition) is 1. The van der Waals surface area contributed by atoms with Crippen LogP contribution in [0.2, 0.25) is 0 Å². The van der Waals surface area contributed by atoms with Gasteiger partial charge in [-0.15, -0.1) is 0 Å². The number of nitrogens with zero attached hydrogens (tertiary/aromatic N) is 3. The fraction of sp³-hybridized carbons (Fsp3) is 0.647. The smallest absolute Gasteiger partial charge is 0.267 e. The minimum atomic E-state index is -0.486. The van der Waals surface area contributed by atoms with Crippen molar-refractivity contribution in [1.29, 1.82) is 0 Å². The van der Waals surface area contributed by atoms with E-state index in [2.05, 4.69) is 14.8 Å². The molecule has 0 aliphatic carbocycles. The molecule has 1 atom stereocenters. The number of piperidine rings is 1. The third-order valence-corrected chi connectivity index (χ3v) is 4.72. The summed E-state index contributed by atoms with van der Waals surface area (Å²) in [6.45, 7) is 6.08. The second-order valence-corrected chi connectivity index (χ2v) is 6.39. The van der Waals surface area contributed by atoms with E-state index in [0.717, 1.165) is 38.3 Å². The molecule has 0 spiro atoms. The Morgan fingerprint density at radius 1 is 1.30 bits per heavy atom. The first-order chi connectivity index (χ1) is 11.2. The molecule has 0 bridgehead atoms. The van der Waals surface area contributed by atoms with Crippen molar-refractivity contribution < 1.29 is 9.53 Å². The maximum absolute atomic E-state index is 11.2. The molecule has 6 nitrogen and oxygen atoms in total. The second kappa shape index (κ2) is 7.75. The lowest BCUT2D eigenvalue weighted by molar-refractivity contribution is 0.0467. The van der Waals surface area contributed by atoms with Gasteiger partial charge in [0, 0.05) is 31.5 Å². The number of ether oxygens (including phenoxy) is 1. The van der Waals surface area contributed by atoms with Gasteiger partial charge >= 0.3 is 0 Å². The zero-order valence-electron chi connectivity index (χ0n) is 13.6. The molecule has 1 aromatic heterocycles. The van der Waals surface area contributed by atoms with Crippen LogP contribution in [0.5, 0.6) is 0 Å². The Morgan fingerprint density at radius 3 is 2.91 bits per heavy atom. The highest BCUT2D eigenvalue weighted by molar-refractivity contribution is 5.91. The van der Waals surface area contributed by atoms with Crippen LogP contribution in [0.25, 0.3) is 0 Å². The number of primary amides is 1. The van der Waals surface area contributed by atoms with Crippen LogP contribution in [-0.4, -0.2) is 61.2 Å². The Bertz CT molecular complexity index is 531. The van der Waals surface area contributed by atoms with Crippen LogP contribution in [0.3, 0.4) is 0 Å². The monoisotopic (exact) mass is 318 g/mol. The van der Waals surface area contributed by atoms with Crippen LogP contribution >= 0.6 is 0 Å². The summed E-state index contributed by atoms with van der Waals surface area (Å²) < 4.78 is 6.04. The molecule has 23 heavy (non-hydrogen) atoms. The average molecular weight is 318 g/mol. The lowest BCUT2D eigenvalue weighted by Gasteiger charge is -2.26. The van der Waals surface area contributed by atoms with E-state index < -0.39 is 5.91 Å². The fourth-order valence-electron chi connectivity index (χ4n) is 3.38. The third kappa shape index (κ3) is 4.42. The summed E-state index contributed by atoms with van der Waals surface area (Å²) in [4.78, 5) is 20.0. The third-order valence-electron chi connectivity index (χ3n) is 4.72. The maximum Gasteiger partial charge on any atom is 0.267 e. The Kier molecular flexibility index (Phi) is 5.46. The van der Waals surface area contributed by atoms with Gasteiger partial charge < -0.3 is 20.3 Å². The van der Waals surface area contributed by atoms with Crippen molar-refractivity contribution in [3.63, 3.8) is 0 Å². The van der Waals surface area contributed by atoms with Crippen LogP contribution < -0.4 is 10.6 Å². The van der Waals surface area contributed by atoms with E-state index in [-0.39, 0.29) is 6.10 Å². The topological polar surface area (TPSA) is 71.7 Å². The first kappa shape index (κ1) is 16.2. The molecular weight excluding hydrogens is 292 g/mol. The predicted octanol–water partition coefficient (Wildman–Crippen LogP) is 1.26. The summed E-state index contributed by atoms with van der Waals surface area (Å²) in [6.07, 6.45) is 6.94. The maximum atomic E-state index is 11.2. The van der Waals surface area contributed by atoms with E-state index in [9.17, 15) is 4.79 Å². The van der Waals surface area contributed by atoms with Crippen LogP contribution in [0.4, 0.5) is 5.69 Å². The van der Waals surface area contributed by atoms with Crippen LogP contribution in [0.1, 0.15) is 36.2 Å². The highest BCUT2D eigenvalue weighted by Crippen LogP contribution is 2.22. The number of likely N-dealkylation sites (tertiary alicyclic amines) is 1. The largest absolute Gasteiger partial charge is 0.375 e. The summed E-state index contributed by atoms with van der Waals surface area (Å²) in [5.41, 5.74) is 6.61. The molecule has 1 aromatic rings. The molecule has 0 radical (unpaired) electrons. The van der Waals surface area contributed by atoms with Crippen molar-refractivity contribution in [3.05, 3.63) is 24.0 Å². The quantitative estimate of drug-likeness (QED) is 0.855. The summed E-state index contributed by atoms with van der Waals surface area (Å²) in [7, 11) is 0. The lowest BCUT2D eigenvalue weighted by Crippen LogP contribution is -2.34. The molecule has 1 amide bonds. The number of hydrogen-bond acceptors (Lipinski definition) is 5. The molecule has 1 unspecified atom stereocenters. The van der Waals surface area contributed by atoms with Crippen molar-refractivity contribution in [2.75, 3.05) is 44.2 Å². The number of nitrogens with two attached hydrogens (primary N) is 1. The predicted molar refractivity (Wildman–Crippen MR) is 89.6 cm³/mol. The molecule has 3 heterocycles. The minimum Gasteiger partial charge on any atom is -0.375 e. The van der Waals surface area contributed by atoms with E-state index in [1.54, 1.807) is 12.3 Å². The highest BCUT2D eigenvalue weighted by atomic mass is 16.5. The number of anilines is 1. The van der Waals surface area contributed by atoms with E-state index >= 15 is 0 Å². The Labute approximate surface area is 137 Å². The number of carbonyl (C=O) groups excluding carboxylic acids is 1. The lowest BCUT2D eigenvalue weighted by atomic mass is 10.1. The molecular formula is C17H26N4O2. The van der Waals surface area contributed by atoms with Gasteiger partial charge in [0.15, 0.2) is 0 Å². The Balaban J connectivity index is 1.44. The van der Waals surface area contributed by atoms with E-state index in [1.807, 2.05) is 6.07 Å². The van der Waals surface area contributed by atoms with Crippen molar-refractivity contribution >= 4 is 11.6 Å². The van der Waals surface area contributed by atoms with Crippen molar-refractivity contribution in [1.82, 2.24) is 9.88 Å². The van der Waals surface area contributed by atoms with Crippen molar-refractivity contribution in [2.24, 2.45) is 5.73 Å². The van der Waals surface area contributed by atoms with Crippen LogP contribution in [0.15, 0.2) is 18.3 Å². The van der Waals surface area contributed by atoms with Gasteiger partial charge in [-0.25, -0.2) is 0 Å². The van der Waals surface area contributed by atoms with Gasteiger partial charge in [-0.3, -0.25) is 9.78 Å². The van der Waals surface area contributed by atoms with Crippen molar-refractivity contribution in [2.45, 2.75) is 31.8 Å². The van der Waals surface area contributed by atoms with Gasteiger partial charge in [0.25, 0.3) is 5.91 Å². The van der Waals surface area contributed by atoms with E-state index in [4.69, 9.17) is 10.5 Å². The van der Waals surface area contributed by atoms with Gasteiger partial charge in [-0.1, -0.05) is 6.42 Å².